The summed E-state index contributed by atoms with van der Waals surface area (Å²) in [6, 6.07) is 4.12. The minimum Gasteiger partial charge on any atom is -0.469 e. The zero-order valence-electron chi connectivity index (χ0n) is 8.97. The Morgan fingerprint density at radius 2 is 2.29 bits per heavy atom. The number of esters is 1. The van der Waals surface area contributed by atoms with Crippen LogP contribution in [0.5, 0.6) is 0 Å². The lowest BCUT2D eigenvalue weighted by Gasteiger charge is -2.06. The second-order valence-electron chi connectivity index (χ2n) is 3.18. The summed E-state index contributed by atoms with van der Waals surface area (Å²) in [5.74, 6) is -0.635. The fourth-order valence-corrected chi connectivity index (χ4v) is 1.32. The minimum absolute atomic E-state index is 0.0288. The van der Waals surface area contributed by atoms with Crippen LogP contribution in [0.2, 0.25) is 0 Å². The predicted octanol–water partition coefficient (Wildman–Crippen LogP) is 0.764. The first-order chi connectivity index (χ1) is 7.99. The van der Waals surface area contributed by atoms with Gasteiger partial charge >= 0.3 is 5.97 Å². The Bertz CT molecular complexity index is 519. The van der Waals surface area contributed by atoms with Gasteiger partial charge in [0.2, 0.25) is 0 Å². The van der Waals surface area contributed by atoms with Crippen LogP contribution in [0, 0.1) is 21.4 Å². The Labute approximate surface area is 96.6 Å². The topological polar surface area (TPSA) is 119 Å². The molecule has 0 saturated carbocycles. The van der Waals surface area contributed by atoms with Crippen LogP contribution in [0.15, 0.2) is 12.1 Å². The summed E-state index contributed by atoms with van der Waals surface area (Å²) in [5, 5.41) is 19.5. The third-order valence-electron chi connectivity index (χ3n) is 2.14. The van der Waals surface area contributed by atoms with Crippen molar-refractivity contribution in [2.75, 3.05) is 12.8 Å². The zero-order valence-corrected chi connectivity index (χ0v) is 8.97. The number of rotatable bonds is 3. The number of nitrogens with zero attached hydrogens (tertiary/aromatic N) is 2. The van der Waals surface area contributed by atoms with E-state index in [2.05, 4.69) is 4.74 Å². The number of nitrogens with two attached hydrogens (primary N) is 1. The number of ether oxygens (including phenoxy) is 1. The van der Waals surface area contributed by atoms with Gasteiger partial charge in [0.1, 0.15) is 0 Å². The van der Waals surface area contributed by atoms with E-state index in [-0.39, 0.29) is 28.9 Å². The number of carbonyl (C=O) groups excluding carboxylic acids is 1. The van der Waals surface area contributed by atoms with E-state index in [1.165, 1.54) is 13.2 Å². The molecule has 1 aromatic rings. The molecule has 0 saturated heterocycles. The Morgan fingerprint density at radius 1 is 1.65 bits per heavy atom. The van der Waals surface area contributed by atoms with E-state index in [1.54, 1.807) is 6.07 Å². The van der Waals surface area contributed by atoms with Crippen molar-refractivity contribution in [3.05, 3.63) is 33.4 Å². The Kier molecular flexibility index (Phi) is 3.62. The minimum atomic E-state index is -0.685. The van der Waals surface area contributed by atoms with Gasteiger partial charge in [0.25, 0.3) is 5.69 Å². The highest BCUT2D eigenvalue weighted by molar-refractivity contribution is 5.78. The normalized spacial score (nSPS) is 9.41. The molecular formula is C10H9N3O4. The highest BCUT2D eigenvalue weighted by Gasteiger charge is 2.21. The van der Waals surface area contributed by atoms with Crippen molar-refractivity contribution in [3.8, 4) is 6.07 Å². The number of hydrogen-bond acceptors (Lipinski definition) is 6. The van der Waals surface area contributed by atoms with Crippen LogP contribution in [0.4, 0.5) is 11.4 Å². The number of nitro groups is 1. The number of anilines is 1. The zero-order chi connectivity index (χ0) is 13.0. The monoisotopic (exact) mass is 235 g/mol. The molecule has 0 heterocycles. The molecular weight excluding hydrogens is 226 g/mol. The molecule has 0 spiro atoms. The summed E-state index contributed by atoms with van der Waals surface area (Å²) >= 11 is 0. The first kappa shape index (κ1) is 12.4. The number of methoxy groups -OCH3 is 1. The summed E-state index contributed by atoms with van der Waals surface area (Å²) in [6.45, 7) is 0. The van der Waals surface area contributed by atoms with E-state index in [4.69, 9.17) is 11.0 Å². The van der Waals surface area contributed by atoms with Gasteiger partial charge in [0, 0.05) is 11.8 Å². The quantitative estimate of drug-likeness (QED) is 0.357. The maximum Gasteiger partial charge on any atom is 0.310 e. The van der Waals surface area contributed by atoms with Crippen molar-refractivity contribution in [3.63, 3.8) is 0 Å². The fourth-order valence-electron chi connectivity index (χ4n) is 1.32. The van der Waals surface area contributed by atoms with Crippen molar-refractivity contribution in [2.45, 2.75) is 6.42 Å². The molecule has 0 aliphatic rings. The van der Waals surface area contributed by atoms with E-state index in [0.29, 0.717) is 0 Å². The van der Waals surface area contributed by atoms with Crippen molar-refractivity contribution in [1.29, 1.82) is 5.26 Å². The molecule has 0 unspecified atom stereocenters. The molecule has 0 aromatic heterocycles. The number of carbonyl (C=O) groups is 1. The van der Waals surface area contributed by atoms with Crippen molar-refractivity contribution in [2.24, 2.45) is 0 Å². The summed E-state index contributed by atoms with van der Waals surface area (Å²) in [4.78, 5) is 21.2. The molecule has 2 N–H and O–H groups in total. The average molecular weight is 235 g/mol. The summed E-state index contributed by atoms with van der Waals surface area (Å²) in [5.41, 5.74) is 5.38. The van der Waals surface area contributed by atoms with Crippen molar-refractivity contribution >= 4 is 17.3 Å². The van der Waals surface area contributed by atoms with Gasteiger partial charge in [-0.3, -0.25) is 14.9 Å². The fraction of sp³-hybridized carbons (Fsp3) is 0.200. The highest BCUT2D eigenvalue weighted by atomic mass is 16.6. The van der Waals surface area contributed by atoms with Gasteiger partial charge in [-0.25, -0.2) is 0 Å². The Hall–Kier alpha value is -2.62. The van der Waals surface area contributed by atoms with Gasteiger partial charge in [0.15, 0.2) is 0 Å². The van der Waals surface area contributed by atoms with E-state index in [0.717, 1.165) is 6.07 Å². The van der Waals surface area contributed by atoms with Crippen LogP contribution in [0.1, 0.15) is 11.1 Å². The largest absolute Gasteiger partial charge is 0.469 e. The Morgan fingerprint density at radius 3 is 2.76 bits per heavy atom. The van der Waals surface area contributed by atoms with Crippen LogP contribution in [-0.4, -0.2) is 18.0 Å². The van der Waals surface area contributed by atoms with Crippen molar-refractivity contribution in [1.82, 2.24) is 0 Å². The van der Waals surface area contributed by atoms with Crippen LogP contribution < -0.4 is 5.73 Å². The lowest BCUT2D eigenvalue weighted by atomic mass is 10.0. The maximum absolute atomic E-state index is 11.1. The first-order valence-electron chi connectivity index (χ1n) is 4.53. The highest BCUT2D eigenvalue weighted by Crippen LogP contribution is 2.27. The van der Waals surface area contributed by atoms with Gasteiger partial charge in [-0.05, 0) is 6.07 Å². The molecule has 0 amide bonds. The number of benzene rings is 1. The van der Waals surface area contributed by atoms with Gasteiger partial charge in [0.05, 0.1) is 35.7 Å². The van der Waals surface area contributed by atoms with E-state index < -0.39 is 10.9 Å². The summed E-state index contributed by atoms with van der Waals surface area (Å²) in [6.07, 6.45) is -0.301. The molecule has 0 aliphatic carbocycles. The Balaban J connectivity index is 3.32. The summed E-state index contributed by atoms with van der Waals surface area (Å²) < 4.78 is 4.42. The third-order valence-corrected chi connectivity index (χ3v) is 2.14. The second kappa shape index (κ2) is 4.94. The summed E-state index contributed by atoms with van der Waals surface area (Å²) in [7, 11) is 1.17. The molecule has 88 valence electrons. The number of hydrogen-bond donors (Lipinski definition) is 1. The molecule has 0 fully saturated rings. The van der Waals surface area contributed by atoms with E-state index in [9.17, 15) is 14.9 Å². The smallest absolute Gasteiger partial charge is 0.310 e. The molecule has 0 atom stereocenters. The third kappa shape index (κ3) is 2.69. The number of nitro benzene ring substituents is 1. The van der Waals surface area contributed by atoms with Gasteiger partial charge in [-0.2, -0.15) is 5.26 Å². The van der Waals surface area contributed by atoms with Gasteiger partial charge in [-0.1, -0.05) is 0 Å². The maximum atomic E-state index is 11.1. The number of nitrogen functional groups attached to an aromatic ring is 1. The standard InChI is InChI=1S/C10H9N3O4/c1-17-10(14)4-7-8(12)2-6(5-11)3-9(7)13(15)16/h2-3H,4,12H2,1H3. The van der Waals surface area contributed by atoms with Crippen LogP contribution in [-0.2, 0) is 16.0 Å². The molecule has 7 heteroatoms. The van der Waals surface area contributed by atoms with Crippen molar-refractivity contribution < 1.29 is 14.5 Å². The second-order valence-corrected chi connectivity index (χ2v) is 3.18. The molecule has 17 heavy (non-hydrogen) atoms. The molecule has 1 rings (SSSR count). The molecule has 0 bridgehead atoms. The van der Waals surface area contributed by atoms with Gasteiger partial charge < -0.3 is 10.5 Å². The van der Waals surface area contributed by atoms with E-state index >= 15 is 0 Å². The molecule has 0 radical (unpaired) electrons. The number of nitriles is 1. The van der Waals surface area contributed by atoms with E-state index in [1.807, 2.05) is 0 Å². The van der Waals surface area contributed by atoms with Crippen LogP contribution in [0.3, 0.4) is 0 Å². The molecule has 1 aromatic carbocycles. The first-order valence-corrected chi connectivity index (χ1v) is 4.53. The molecule has 0 aliphatic heterocycles. The van der Waals surface area contributed by atoms with Crippen LogP contribution in [0.25, 0.3) is 0 Å². The van der Waals surface area contributed by atoms with Crippen LogP contribution >= 0.6 is 0 Å². The van der Waals surface area contributed by atoms with Gasteiger partial charge in [-0.15, -0.1) is 0 Å². The lowest BCUT2D eigenvalue weighted by molar-refractivity contribution is -0.385. The molecule has 7 nitrogen and oxygen atoms in total. The SMILES string of the molecule is COC(=O)Cc1c(N)cc(C#N)cc1[N+](=O)[O-]. The predicted molar refractivity (Wildman–Crippen MR) is 57.9 cm³/mol. The average Bonchev–Trinajstić information content (AvgIpc) is 2.30. The lowest BCUT2D eigenvalue weighted by Crippen LogP contribution is -2.09.